The molecule has 1 amide bonds. The van der Waals surface area contributed by atoms with Crippen LogP contribution in [0, 0.1) is 5.92 Å². The van der Waals surface area contributed by atoms with Crippen LogP contribution >= 0.6 is 0 Å². The van der Waals surface area contributed by atoms with Gasteiger partial charge in [0.25, 0.3) is 0 Å². The van der Waals surface area contributed by atoms with Crippen LogP contribution < -0.4 is 0 Å². The summed E-state index contributed by atoms with van der Waals surface area (Å²) in [5.41, 5.74) is 0. The molecule has 18 heavy (non-hydrogen) atoms. The molecule has 1 atom stereocenters. The minimum atomic E-state index is -2.80. The molecule has 0 aromatic carbocycles. The summed E-state index contributed by atoms with van der Waals surface area (Å²) in [5, 5.41) is 0. The number of sulfone groups is 1. The largest absolute Gasteiger partial charge is 0.337 e. The van der Waals surface area contributed by atoms with E-state index in [9.17, 15) is 13.2 Å². The van der Waals surface area contributed by atoms with Gasteiger partial charge in [-0.1, -0.05) is 0 Å². The van der Waals surface area contributed by atoms with Crippen molar-refractivity contribution in [1.82, 2.24) is 9.80 Å². The van der Waals surface area contributed by atoms with E-state index in [1.54, 1.807) is 0 Å². The molecule has 3 aliphatic rings. The number of piperazine rings is 1. The van der Waals surface area contributed by atoms with E-state index in [0.717, 1.165) is 38.9 Å². The highest BCUT2D eigenvalue weighted by molar-refractivity contribution is 7.91. The second-order valence-corrected chi connectivity index (χ2v) is 8.05. The van der Waals surface area contributed by atoms with E-state index in [1.165, 1.54) is 0 Å². The molecule has 0 spiro atoms. The van der Waals surface area contributed by atoms with E-state index in [-0.39, 0.29) is 11.8 Å². The first kappa shape index (κ1) is 12.4. The molecule has 1 saturated carbocycles. The van der Waals surface area contributed by atoms with Crippen LogP contribution in [0.15, 0.2) is 0 Å². The third kappa shape index (κ3) is 2.69. The molecular weight excluding hydrogens is 252 g/mol. The average molecular weight is 272 g/mol. The van der Waals surface area contributed by atoms with E-state index < -0.39 is 9.84 Å². The van der Waals surface area contributed by atoms with Crippen LogP contribution in [0.25, 0.3) is 0 Å². The summed E-state index contributed by atoms with van der Waals surface area (Å²) in [6.07, 6.45) is 3.08. The highest BCUT2D eigenvalue weighted by atomic mass is 32.2. The van der Waals surface area contributed by atoms with Crippen LogP contribution in [-0.2, 0) is 14.6 Å². The predicted octanol–water partition coefficient (Wildman–Crippen LogP) is -0.272. The second kappa shape index (κ2) is 4.49. The molecular formula is C12H20N2O3S. The predicted molar refractivity (Wildman–Crippen MR) is 67.9 cm³/mol. The SMILES string of the molecule is O=C1CN(CC2CCS(=O)(=O)C2)CCN1C1CC1. The second-order valence-electron chi connectivity index (χ2n) is 5.82. The Balaban J connectivity index is 1.51. The van der Waals surface area contributed by atoms with Crippen molar-refractivity contribution in [2.45, 2.75) is 25.3 Å². The third-order valence-electron chi connectivity index (χ3n) is 4.17. The first-order chi connectivity index (χ1) is 8.53. The zero-order valence-corrected chi connectivity index (χ0v) is 11.4. The number of rotatable bonds is 3. The van der Waals surface area contributed by atoms with Gasteiger partial charge in [0.2, 0.25) is 5.91 Å². The molecule has 3 fully saturated rings. The molecule has 2 heterocycles. The van der Waals surface area contributed by atoms with Crippen molar-refractivity contribution in [3.63, 3.8) is 0 Å². The van der Waals surface area contributed by atoms with Gasteiger partial charge in [0.1, 0.15) is 0 Å². The Bertz CT molecular complexity index is 444. The molecule has 0 radical (unpaired) electrons. The van der Waals surface area contributed by atoms with Crippen LogP contribution in [0.5, 0.6) is 0 Å². The van der Waals surface area contributed by atoms with Crippen molar-refractivity contribution in [1.29, 1.82) is 0 Å². The molecule has 0 aromatic heterocycles. The lowest BCUT2D eigenvalue weighted by Gasteiger charge is -2.35. The average Bonchev–Trinajstić information content (AvgIpc) is 3.05. The number of hydrogen-bond acceptors (Lipinski definition) is 4. The monoisotopic (exact) mass is 272 g/mol. The zero-order chi connectivity index (χ0) is 12.8. The fourth-order valence-corrected chi connectivity index (χ4v) is 4.89. The van der Waals surface area contributed by atoms with E-state index in [2.05, 4.69) is 4.90 Å². The Hall–Kier alpha value is -0.620. The third-order valence-corrected chi connectivity index (χ3v) is 6.00. The van der Waals surface area contributed by atoms with Crippen molar-refractivity contribution in [2.75, 3.05) is 37.7 Å². The Labute approximate surface area is 108 Å². The highest BCUT2D eigenvalue weighted by Crippen LogP contribution is 2.28. The molecule has 2 saturated heterocycles. The highest BCUT2D eigenvalue weighted by Gasteiger charge is 2.37. The number of nitrogens with zero attached hydrogens (tertiary/aromatic N) is 2. The molecule has 1 aliphatic carbocycles. The van der Waals surface area contributed by atoms with Gasteiger partial charge in [0, 0.05) is 25.7 Å². The maximum Gasteiger partial charge on any atom is 0.237 e. The quantitative estimate of drug-likeness (QED) is 0.709. The number of carbonyl (C=O) groups is 1. The Morgan fingerprint density at radius 3 is 2.50 bits per heavy atom. The van der Waals surface area contributed by atoms with Crippen molar-refractivity contribution in [2.24, 2.45) is 5.92 Å². The van der Waals surface area contributed by atoms with Crippen LogP contribution in [-0.4, -0.2) is 67.9 Å². The van der Waals surface area contributed by atoms with E-state index in [4.69, 9.17) is 0 Å². The lowest BCUT2D eigenvalue weighted by Crippen LogP contribution is -2.52. The Morgan fingerprint density at radius 2 is 1.94 bits per heavy atom. The molecule has 1 unspecified atom stereocenters. The molecule has 0 N–H and O–H groups in total. The van der Waals surface area contributed by atoms with Gasteiger partial charge in [-0.2, -0.15) is 0 Å². The molecule has 0 bridgehead atoms. The van der Waals surface area contributed by atoms with Crippen LogP contribution in [0.3, 0.4) is 0 Å². The lowest BCUT2D eigenvalue weighted by atomic mass is 10.1. The van der Waals surface area contributed by atoms with Gasteiger partial charge in [-0.25, -0.2) is 8.42 Å². The fraction of sp³-hybridized carbons (Fsp3) is 0.917. The van der Waals surface area contributed by atoms with Gasteiger partial charge in [0.15, 0.2) is 9.84 Å². The molecule has 3 rings (SSSR count). The summed E-state index contributed by atoms with van der Waals surface area (Å²) in [6, 6.07) is 0.506. The van der Waals surface area contributed by atoms with Gasteiger partial charge in [-0.15, -0.1) is 0 Å². The van der Waals surface area contributed by atoms with Gasteiger partial charge in [-0.05, 0) is 25.2 Å². The van der Waals surface area contributed by atoms with E-state index in [0.29, 0.717) is 24.1 Å². The fourth-order valence-electron chi connectivity index (χ4n) is 3.04. The first-order valence-electron chi connectivity index (χ1n) is 6.76. The van der Waals surface area contributed by atoms with E-state index >= 15 is 0 Å². The summed E-state index contributed by atoms with van der Waals surface area (Å²) in [6.45, 7) is 2.97. The normalized spacial score (nSPS) is 33.0. The molecule has 2 aliphatic heterocycles. The first-order valence-corrected chi connectivity index (χ1v) is 8.58. The summed E-state index contributed by atoms with van der Waals surface area (Å²) >= 11 is 0. The zero-order valence-electron chi connectivity index (χ0n) is 10.5. The minimum absolute atomic E-state index is 0.226. The molecule has 0 aromatic rings. The van der Waals surface area contributed by atoms with E-state index in [1.807, 2.05) is 4.90 Å². The summed E-state index contributed by atoms with van der Waals surface area (Å²) < 4.78 is 22.8. The van der Waals surface area contributed by atoms with Crippen LogP contribution in [0.1, 0.15) is 19.3 Å². The number of carbonyl (C=O) groups excluding carboxylic acids is 1. The van der Waals surface area contributed by atoms with Gasteiger partial charge in [0.05, 0.1) is 18.1 Å². The topological polar surface area (TPSA) is 57.7 Å². The Kier molecular flexibility index (Phi) is 3.10. The Morgan fingerprint density at radius 1 is 1.17 bits per heavy atom. The maximum atomic E-state index is 12.0. The minimum Gasteiger partial charge on any atom is -0.337 e. The van der Waals surface area contributed by atoms with Gasteiger partial charge >= 0.3 is 0 Å². The van der Waals surface area contributed by atoms with Crippen molar-refractivity contribution in [3.8, 4) is 0 Å². The van der Waals surface area contributed by atoms with Gasteiger partial charge < -0.3 is 4.90 Å². The van der Waals surface area contributed by atoms with Crippen LogP contribution in [0.4, 0.5) is 0 Å². The molecule has 5 nitrogen and oxygen atoms in total. The van der Waals surface area contributed by atoms with Crippen molar-refractivity contribution in [3.05, 3.63) is 0 Å². The lowest BCUT2D eigenvalue weighted by molar-refractivity contribution is -0.136. The molecule has 6 heteroatoms. The maximum absolute atomic E-state index is 12.0. The smallest absolute Gasteiger partial charge is 0.237 e. The summed E-state index contributed by atoms with van der Waals surface area (Å²) in [4.78, 5) is 16.1. The van der Waals surface area contributed by atoms with Crippen LogP contribution in [0.2, 0.25) is 0 Å². The summed E-state index contributed by atoms with van der Waals surface area (Å²) in [5.74, 6) is 1.09. The summed E-state index contributed by atoms with van der Waals surface area (Å²) in [7, 11) is -2.80. The number of hydrogen-bond donors (Lipinski definition) is 0. The van der Waals surface area contributed by atoms with Crippen molar-refractivity contribution >= 4 is 15.7 Å². The van der Waals surface area contributed by atoms with Crippen molar-refractivity contribution < 1.29 is 13.2 Å². The standard InChI is InChI=1S/C12H20N2O3S/c15-12-8-13(4-5-14(12)11-1-2-11)7-10-3-6-18(16,17)9-10/h10-11H,1-9H2. The number of amides is 1. The molecule has 102 valence electrons. The van der Waals surface area contributed by atoms with Gasteiger partial charge in [-0.3, -0.25) is 9.69 Å².